The fourth-order valence-corrected chi connectivity index (χ4v) is 3.97. The van der Waals surface area contributed by atoms with Gasteiger partial charge in [-0.1, -0.05) is 15.9 Å². The summed E-state index contributed by atoms with van der Waals surface area (Å²) in [6.45, 7) is 3.33. The third-order valence-electron chi connectivity index (χ3n) is 3.47. The average molecular weight is 359 g/mol. The zero-order valence-corrected chi connectivity index (χ0v) is 13.4. The monoisotopic (exact) mass is 358 g/mol. The molecule has 1 fully saturated rings. The van der Waals surface area contributed by atoms with Crippen molar-refractivity contribution in [2.24, 2.45) is 4.99 Å². The number of hydrogen-bond acceptors (Lipinski definition) is 5. The molecule has 0 radical (unpaired) electrons. The number of nitrogens with zero attached hydrogens (tertiary/aromatic N) is 3. The molecule has 1 aromatic carbocycles. The van der Waals surface area contributed by atoms with Crippen LogP contribution in [0.5, 0.6) is 0 Å². The van der Waals surface area contributed by atoms with E-state index in [0.717, 1.165) is 30.7 Å². The summed E-state index contributed by atoms with van der Waals surface area (Å²) in [6, 6.07) is 5.08. The lowest BCUT2D eigenvalue weighted by atomic mass is 10.3. The minimum absolute atomic E-state index is 0.213. The molecule has 1 N–H and O–H groups in total. The van der Waals surface area contributed by atoms with Gasteiger partial charge in [-0.15, -0.1) is 0 Å². The summed E-state index contributed by atoms with van der Waals surface area (Å²) < 4.78 is 27.9. The number of benzene rings is 1. The SMILES string of the molecule is CN1CCN(C2=Nc3ccc(Br)cc3S(=O)(=O)N2)CC1. The Morgan fingerprint density at radius 3 is 2.65 bits per heavy atom. The second-order valence-electron chi connectivity index (χ2n) is 4.94. The topological polar surface area (TPSA) is 65.0 Å². The Morgan fingerprint density at radius 2 is 1.95 bits per heavy atom. The van der Waals surface area contributed by atoms with Crippen molar-refractivity contribution < 1.29 is 8.42 Å². The Bertz CT molecular complexity index is 666. The summed E-state index contributed by atoms with van der Waals surface area (Å²) in [5.41, 5.74) is 0.487. The van der Waals surface area contributed by atoms with Crippen LogP contribution < -0.4 is 4.72 Å². The maximum atomic E-state index is 12.3. The van der Waals surface area contributed by atoms with E-state index >= 15 is 0 Å². The van der Waals surface area contributed by atoms with Crippen LogP contribution in [-0.4, -0.2) is 57.4 Å². The number of guanidine groups is 1. The van der Waals surface area contributed by atoms with E-state index in [1.165, 1.54) is 0 Å². The van der Waals surface area contributed by atoms with E-state index in [1.54, 1.807) is 18.2 Å². The summed E-state index contributed by atoms with van der Waals surface area (Å²) >= 11 is 3.28. The van der Waals surface area contributed by atoms with Gasteiger partial charge in [0.15, 0.2) is 0 Å². The fourth-order valence-electron chi connectivity index (χ4n) is 2.26. The molecule has 0 amide bonds. The van der Waals surface area contributed by atoms with Gasteiger partial charge in [-0.2, -0.15) is 0 Å². The van der Waals surface area contributed by atoms with E-state index in [2.05, 4.69) is 37.6 Å². The molecule has 0 unspecified atom stereocenters. The van der Waals surface area contributed by atoms with Crippen LogP contribution in [0.25, 0.3) is 0 Å². The third kappa shape index (κ3) is 2.55. The molecule has 2 aliphatic heterocycles. The van der Waals surface area contributed by atoms with Gasteiger partial charge in [0.05, 0.1) is 5.69 Å². The number of piperazine rings is 1. The van der Waals surface area contributed by atoms with Gasteiger partial charge in [-0.3, -0.25) is 0 Å². The van der Waals surface area contributed by atoms with E-state index in [0.29, 0.717) is 11.6 Å². The van der Waals surface area contributed by atoms with Gasteiger partial charge in [0.2, 0.25) is 5.96 Å². The first-order chi connectivity index (χ1) is 9.45. The number of fused-ring (bicyclic) bond motifs is 1. The molecule has 6 nitrogen and oxygen atoms in total. The zero-order valence-electron chi connectivity index (χ0n) is 11.0. The van der Waals surface area contributed by atoms with Crippen LogP contribution in [-0.2, 0) is 10.0 Å². The van der Waals surface area contributed by atoms with Crippen LogP contribution in [0.3, 0.4) is 0 Å². The average Bonchev–Trinajstić information content (AvgIpc) is 2.40. The lowest BCUT2D eigenvalue weighted by molar-refractivity contribution is 0.213. The number of halogens is 1. The number of sulfonamides is 1. The first kappa shape index (κ1) is 13.8. The zero-order chi connectivity index (χ0) is 14.3. The third-order valence-corrected chi connectivity index (χ3v) is 5.32. The number of likely N-dealkylation sites (N-methyl/N-ethyl adjacent to an activating group) is 1. The first-order valence-corrected chi connectivity index (χ1v) is 8.58. The van der Waals surface area contributed by atoms with Crippen LogP contribution in [0.15, 0.2) is 32.6 Å². The molecule has 2 aliphatic rings. The first-order valence-electron chi connectivity index (χ1n) is 6.30. The number of nitrogens with one attached hydrogen (secondary N) is 1. The molecular weight excluding hydrogens is 344 g/mol. The Labute approximate surface area is 126 Å². The maximum Gasteiger partial charge on any atom is 0.266 e. The largest absolute Gasteiger partial charge is 0.339 e. The second kappa shape index (κ2) is 5.01. The summed E-state index contributed by atoms with van der Waals surface area (Å²) in [5, 5.41) is 0. The Morgan fingerprint density at radius 1 is 1.25 bits per heavy atom. The summed E-state index contributed by atoms with van der Waals surface area (Å²) in [5.74, 6) is 0.424. The van der Waals surface area contributed by atoms with Crippen LogP contribution >= 0.6 is 15.9 Å². The van der Waals surface area contributed by atoms with Crippen LogP contribution in [0.2, 0.25) is 0 Å². The van der Waals surface area contributed by atoms with Gasteiger partial charge in [-0.25, -0.2) is 18.1 Å². The number of aliphatic imine (C=N–C) groups is 1. The lowest BCUT2D eigenvalue weighted by Crippen LogP contribution is -2.53. The van der Waals surface area contributed by atoms with Crippen molar-refractivity contribution in [2.75, 3.05) is 33.2 Å². The molecule has 0 aliphatic carbocycles. The predicted molar refractivity (Wildman–Crippen MR) is 80.6 cm³/mol. The molecule has 20 heavy (non-hydrogen) atoms. The molecule has 8 heteroatoms. The molecule has 0 saturated carbocycles. The molecule has 0 atom stereocenters. The van der Waals surface area contributed by atoms with Crippen molar-refractivity contribution in [3.63, 3.8) is 0 Å². The van der Waals surface area contributed by atoms with Crippen molar-refractivity contribution in [3.8, 4) is 0 Å². The second-order valence-corrected chi connectivity index (χ2v) is 7.51. The number of hydrogen-bond donors (Lipinski definition) is 1. The van der Waals surface area contributed by atoms with Gasteiger partial charge in [0.25, 0.3) is 10.0 Å². The van der Waals surface area contributed by atoms with Crippen LogP contribution in [0.1, 0.15) is 0 Å². The molecule has 0 aromatic heterocycles. The molecule has 1 saturated heterocycles. The normalized spacial score (nSPS) is 21.9. The van der Waals surface area contributed by atoms with Gasteiger partial charge in [0, 0.05) is 30.7 Å². The smallest absolute Gasteiger partial charge is 0.266 e. The standard InChI is InChI=1S/C12H15BrN4O2S/c1-16-4-6-17(7-5-16)12-14-10-3-2-9(13)8-11(10)20(18,19)15-12/h2-3,8H,4-7H2,1H3,(H,14,15). The van der Waals surface area contributed by atoms with Crippen molar-refractivity contribution >= 4 is 37.6 Å². The summed E-state index contributed by atoms with van der Waals surface area (Å²) in [4.78, 5) is 8.84. The van der Waals surface area contributed by atoms with Crippen molar-refractivity contribution in [3.05, 3.63) is 22.7 Å². The maximum absolute atomic E-state index is 12.3. The number of rotatable bonds is 0. The predicted octanol–water partition coefficient (Wildman–Crippen LogP) is 0.976. The Hall–Kier alpha value is -1.12. The molecule has 0 spiro atoms. The van der Waals surface area contributed by atoms with Crippen molar-refractivity contribution in [1.82, 2.24) is 14.5 Å². The van der Waals surface area contributed by atoms with E-state index in [9.17, 15) is 8.42 Å². The highest BCUT2D eigenvalue weighted by Crippen LogP contribution is 2.30. The minimum atomic E-state index is -3.54. The molecule has 0 bridgehead atoms. The molecule has 108 valence electrons. The van der Waals surface area contributed by atoms with Gasteiger partial charge >= 0.3 is 0 Å². The molecule has 3 rings (SSSR count). The summed E-state index contributed by atoms with van der Waals surface area (Å²) in [7, 11) is -1.49. The van der Waals surface area contributed by atoms with Crippen LogP contribution in [0, 0.1) is 0 Å². The lowest BCUT2D eigenvalue weighted by Gasteiger charge is -2.35. The van der Waals surface area contributed by atoms with Crippen molar-refractivity contribution in [1.29, 1.82) is 0 Å². The van der Waals surface area contributed by atoms with Crippen molar-refractivity contribution in [2.45, 2.75) is 4.90 Å². The summed E-state index contributed by atoms with van der Waals surface area (Å²) in [6.07, 6.45) is 0. The Kier molecular flexibility index (Phi) is 3.47. The van der Waals surface area contributed by atoms with E-state index in [-0.39, 0.29) is 4.90 Å². The highest BCUT2D eigenvalue weighted by molar-refractivity contribution is 9.10. The van der Waals surface area contributed by atoms with E-state index in [1.807, 2.05) is 4.90 Å². The molecule has 2 heterocycles. The van der Waals surface area contributed by atoms with Gasteiger partial charge in [0.1, 0.15) is 4.90 Å². The van der Waals surface area contributed by atoms with Gasteiger partial charge in [-0.05, 0) is 25.2 Å². The quantitative estimate of drug-likeness (QED) is 0.750. The highest BCUT2D eigenvalue weighted by Gasteiger charge is 2.29. The minimum Gasteiger partial charge on any atom is -0.339 e. The molecule has 1 aromatic rings. The molecular formula is C12H15BrN4O2S. The van der Waals surface area contributed by atoms with Crippen LogP contribution in [0.4, 0.5) is 5.69 Å². The Balaban J connectivity index is 1.97. The van der Waals surface area contributed by atoms with E-state index < -0.39 is 10.0 Å². The fraction of sp³-hybridized carbons (Fsp3) is 0.417. The van der Waals surface area contributed by atoms with Gasteiger partial charge < -0.3 is 9.80 Å². The highest BCUT2D eigenvalue weighted by atomic mass is 79.9. The van der Waals surface area contributed by atoms with E-state index in [4.69, 9.17) is 0 Å².